The van der Waals surface area contributed by atoms with Crippen molar-refractivity contribution in [2.75, 3.05) is 33.3 Å². The fourth-order valence-corrected chi connectivity index (χ4v) is 3.16. The van der Waals surface area contributed by atoms with Crippen LogP contribution in [0.2, 0.25) is 0 Å². The van der Waals surface area contributed by atoms with Crippen LogP contribution < -0.4 is 0 Å². The van der Waals surface area contributed by atoms with Crippen molar-refractivity contribution >= 4 is 11.9 Å². The Morgan fingerprint density at radius 1 is 1.26 bits per heavy atom. The average Bonchev–Trinajstić information content (AvgIpc) is 2.47. The lowest BCUT2D eigenvalue weighted by Gasteiger charge is -2.44. The number of nitrogens with zero attached hydrogens (tertiary/aromatic N) is 2. The van der Waals surface area contributed by atoms with Crippen LogP contribution in [-0.4, -0.2) is 61.0 Å². The standard InChI is InChI=1S/C14H24N2O3/c1-3-12(14(18)19-2)13(17)16-9-8-15-7-5-4-6-11(15)10-16/h11-12H,3-10H2,1-2H3. The van der Waals surface area contributed by atoms with Gasteiger partial charge >= 0.3 is 5.97 Å². The van der Waals surface area contributed by atoms with Gasteiger partial charge in [0.05, 0.1) is 7.11 Å². The molecule has 0 radical (unpaired) electrons. The van der Waals surface area contributed by atoms with Gasteiger partial charge in [-0.25, -0.2) is 0 Å². The number of hydrogen-bond donors (Lipinski definition) is 0. The Bertz CT molecular complexity index is 346. The third kappa shape index (κ3) is 3.08. The number of hydrogen-bond acceptors (Lipinski definition) is 4. The maximum absolute atomic E-state index is 12.4. The Labute approximate surface area is 114 Å². The number of carbonyl (C=O) groups excluding carboxylic acids is 2. The second-order valence-corrected chi connectivity index (χ2v) is 5.45. The monoisotopic (exact) mass is 268 g/mol. The first-order valence-electron chi connectivity index (χ1n) is 7.28. The molecule has 2 aliphatic heterocycles. The highest BCUT2D eigenvalue weighted by molar-refractivity contribution is 5.97. The molecule has 0 aliphatic carbocycles. The summed E-state index contributed by atoms with van der Waals surface area (Å²) in [4.78, 5) is 28.4. The van der Waals surface area contributed by atoms with E-state index in [4.69, 9.17) is 4.74 Å². The third-order valence-electron chi connectivity index (χ3n) is 4.34. The summed E-state index contributed by atoms with van der Waals surface area (Å²) < 4.78 is 4.72. The zero-order valence-corrected chi connectivity index (χ0v) is 11.9. The highest BCUT2D eigenvalue weighted by atomic mass is 16.5. The SMILES string of the molecule is CCC(C(=O)OC)C(=O)N1CCN2CCCCC2C1. The first-order chi connectivity index (χ1) is 9.17. The molecule has 0 aromatic carbocycles. The van der Waals surface area contributed by atoms with E-state index in [1.807, 2.05) is 11.8 Å². The lowest BCUT2D eigenvalue weighted by Crippen LogP contribution is -2.57. The quantitative estimate of drug-likeness (QED) is 0.563. The summed E-state index contributed by atoms with van der Waals surface area (Å²) in [5, 5.41) is 0. The number of carbonyl (C=O) groups is 2. The van der Waals surface area contributed by atoms with Crippen LogP contribution in [0, 0.1) is 5.92 Å². The topological polar surface area (TPSA) is 49.9 Å². The summed E-state index contributed by atoms with van der Waals surface area (Å²) in [6, 6.07) is 0.488. The molecule has 2 aliphatic rings. The van der Waals surface area contributed by atoms with E-state index in [0.717, 1.165) is 26.2 Å². The number of fused-ring (bicyclic) bond motifs is 1. The molecule has 0 spiro atoms. The van der Waals surface area contributed by atoms with E-state index >= 15 is 0 Å². The van der Waals surface area contributed by atoms with Gasteiger partial charge in [-0.15, -0.1) is 0 Å². The van der Waals surface area contributed by atoms with Crippen LogP contribution in [0.4, 0.5) is 0 Å². The molecule has 2 saturated heterocycles. The van der Waals surface area contributed by atoms with Gasteiger partial charge in [-0.2, -0.15) is 0 Å². The van der Waals surface area contributed by atoms with Gasteiger partial charge in [0.2, 0.25) is 5.91 Å². The summed E-state index contributed by atoms with van der Waals surface area (Å²) in [7, 11) is 1.34. The summed E-state index contributed by atoms with van der Waals surface area (Å²) in [5.41, 5.74) is 0. The van der Waals surface area contributed by atoms with Crippen molar-refractivity contribution in [3.63, 3.8) is 0 Å². The van der Waals surface area contributed by atoms with Gasteiger partial charge in [-0.1, -0.05) is 13.3 Å². The number of methoxy groups -OCH3 is 1. The van der Waals surface area contributed by atoms with Crippen LogP contribution in [-0.2, 0) is 14.3 Å². The molecule has 0 bridgehead atoms. The van der Waals surface area contributed by atoms with Crippen molar-refractivity contribution in [3.05, 3.63) is 0 Å². The third-order valence-corrected chi connectivity index (χ3v) is 4.34. The van der Waals surface area contributed by atoms with Crippen molar-refractivity contribution in [1.29, 1.82) is 0 Å². The van der Waals surface area contributed by atoms with Crippen LogP contribution >= 0.6 is 0 Å². The van der Waals surface area contributed by atoms with Crippen LogP contribution in [0.25, 0.3) is 0 Å². The van der Waals surface area contributed by atoms with Gasteiger partial charge in [0.25, 0.3) is 0 Å². The second-order valence-electron chi connectivity index (χ2n) is 5.45. The van der Waals surface area contributed by atoms with E-state index in [0.29, 0.717) is 12.5 Å². The maximum atomic E-state index is 12.4. The van der Waals surface area contributed by atoms with E-state index in [9.17, 15) is 9.59 Å². The van der Waals surface area contributed by atoms with Gasteiger partial charge in [-0.3, -0.25) is 14.5 Å². The molecule has 1 amide bonds. The van der Waals surface area contributed by atoms with Crippen molar-refractivity contribution in [3.8, 4) is 0 Å². The highest BCUT2D eigenvalue weighted by Gasteiger charge is 2.35. The second kappa shape index (κ2) is 6.37. The van der Waals surface area contributed by atoms with Crippen LogP contribution in [0.3, 0.4) is 0 Å². The zero-order valence-electron chi connectivity index (χ0n) is 11.9. The fraction of sp³-hybridized carbons (Fsp3) is 0.857. The van der Waals surface area contributed by atoms with E-state index in [2.05, 4.69) is 4.90 Å². The largest absolute Gasteiger partial charge is 0.468 e. The maximum Gasteiger partial charge on any atom is 0.318 e. The average molecular weight is 268 g/mol. The molecule has 19 heavy (non-hydrogen) atoms. The van der Waals surface area contributed by atoms with E-state index in [1.165, 1.54) is 26.4 Å². The molecule has 0 aromatic rings. The predicted octanol–water partition coefficient (Wildman–Crippen LogP) is 0.882. The Kier molecular flexibility index (Phi) is 4.80. The molecular formula is C14H24N2O3. The smallest absolute Gasteiger partial charge is 0.318 e. The highest BCUT2D eigenvalue weighted by Crippen LogP contribution is 2.22. The number of piperazine rings is 1. The number of ether oxygens (including phenoxy) is 1. The Morgan fingerprint density at radius 2 is 2.05 bits per heavy atom. The molecule has 2 unspecified atom stereocenters. The number of rotatable bonds is 3. The number of amides is 1. The predicted molar refractivity (Wildman–Crippen MR) is 71.6 cm³/mol. The van der Waals surface area contributed by atoms with Crippen molar-refractivity contribution < 1.29 is 14.3 Å². The Morgan fingerprint density at radius 3 is 2.74 bits per heavy atom. The summed E-state index contributed by atoms with van der Waals surface area (Å²) in [5.74, 6) is -1.08. The van der Waals surface area contributed by atoms with Crippen molar-refractivity contribution in [2.24, 2.45) is 5.92 Å². The van der Waals surface area contributed by atoms with Crippen molar-refractivity contribution in [1.82, 2.24) is 9.80 Å². The fourth-order valence-electron chi connectivity index (χ4n) is 3.16. The molecule has 108 valence electrons. The first-order valence-corrected chi connectivity index (χ1v) is 7.28. The van der Waals surface area contributed by atoms with Gasteiger partial charge in [0, 0.05) is 25.7 Å². The Hall–Kier alpha value is -1.10. The zero-order chi connectivity index (χ0) is 13.8. The molecule has 2 fully saturated rings. The molecule has 2 heterocycles. The molecule has 0 N–H and O–H groups in total. The minimum absolute atomic E-state index is 0.0560. The lowest BCUT2D eigenvalue weighted by molar-refractivity contribution is -0.155. The van der Waals surface area contributed by atoms with E-state index < -0.39 is 11.9 Å². The summed E-state index contributed by atoms with van der Waals surface area (Å²) in [6.07, 6.45) is 4.19. The Balaban J connectivity index is 1.97. The van der Waals surface area contributed by atoms with Crippen LogP contribution in [0.1, 0.15) is 32.6 Å². The van der Waals surface area contributed by atoms with Gasteiger partial charge in [0.15, 0.2) is 0 Å². The lowest BCUT2D eigenvalue weighted by atomic mass is 9.97. The van der Waals surface area contributed by atoms with Gasteiger partial charge in [0.1, 0.15) is 5.92 Å². The van der Waals surface area contributed by atoms with Crippen molar-refractivity contribution in [2.45, 2.75) is 38.6 Å². The van der Waals surface area contributed by atoms with Gasteiger partial charge < -0.3 is 9.64 Å². The molecule has 2 rings (SSSR count). The van der Waals surface area contributed by atoms with Crippen LogP contribution in [0.15, 0.2) is 0 Å². The minimum Gasteiger partial charge on any atom is -0.468 e. The molecule has 5 nitrogen and oxygen atoms in total. The number of esters is 1. The minimum atomic E-state index is -0.625. The molecule has 0 saturated carbocycles. The first kappa shape index (κ1) is 14.3. The molecule has 5 heteroatoms. The summed E-state index contributed by atoms with van der Waals surface area (Å²) in [6.45, 7) is 5.46. The molecule has 2 atom stereocenters. The van der Waals surface area contributed by atoms with E-state index in [-0.39, 0.29) is 5.91 Å². The van der Waals surface area contributed by atoms with E-state index in [1.54, 1.807) is 0 Å². The number of piperidine rings is 1. The molecular weight excluding hydrogens is 244 g/mol. The normalized spacial score (nSPS) is 25.6. The summed E-state index contributed by atoms with van der Waals surface area (Å²) >= 11 is 0. The van der Waals surface area contributed by atoms with Crippen LogP contribution in [0.5, 0.6) is 0 Å². The van der Waals surface area contributed by atoms with Gasteiger partial charge in [-0.05, 0) is 25.8 Å². The molecule has 0 aromatic heterocycles.